The number of pyridine rings is 1. The third-order valence-electron chi connectivity index (χ3n) is 5.31. The summed E-state index contributed by atoms with van der Waals surface area (Å²) in [5, 5.41) is 3.02. The Hall–Kier alpha value is -2.40. The average Bonchev–Trinajstić information content (AvgIpc) is 2.68. The van der Waals surface area contributed by atoms with Gasteiger partial charge < -0.3 is 14.8 Å². The number of benzene rings is 1. The molecule has 0 spiro atoms. The van der Waals surface area contributed by atoms with Gasteiger partial charge in [0.25, 0.3) is 5.91 Å². The van der Waals surface area contributed by atoms with Gasteiger partial charge in [0.05, 0.1) is 12.7 Å². The van der Waals surface area contributed by atoms with E-state index in [0.717, 1.165) is 25.9 Å². The molecule has 0 aliphatic carbocycles. The molecule has 5 heteroatoms. The molecule has 3 rings (SSSR count). The highest BCUT2D eigenvalue weighted by molar-refractivity contribution is 5.92. The molecule has 0 radical (unpaired) electrons. The first-order valence-electron chi connectivity index (χ1n) is 9.42. The SMILES string of the molecule is COc1ccnc(C(=O)NCC[C@]2(c3ccccc3)CCOC(C)(C)C2)c1. The van der Waals surface area contributed by atoms with Crippen LogP contribution in [0.15, 0.2) is 48.7 Å². The highest BCUT2D eigenvalue weighted by atomic mass is 16.5. The lowest BCUT2D eigenvalue weighted by atomic mass is 9.67. The van der Waals surface area contributed by atoms with Gasteiger partial charge in [-0.25, -0.2) is 0 Å². The van der Waals surface area contributed by atoms with E-state index < -0.39 is 0 Å². The molecule has 1 aliphatic heterocycles. The molecule has 144 valence electrons. The van der Waals surface area contributed by atoms with Gasteiger partial charge in [-0.3, -0.25) is 9.78 Å². The van der Waals surface area contributed by atoms with E-state index in [0.29, 0.717) is 18.0 Å². The van der Waals surface area contributed by atoms with Crippen molar-refractivity contribution in [3.63, 3.8) is 0 Å². The Morgan fingerprint density at radius 2 is 2.04 bits per heavy atom. The molecule has 5 nitrogen and oxygen atoms in total. The molecule has 2 aromatic rings. The smallest absolute Gasteiger partial charge is 0.270 e. The van der Waals surface area contributed by atoms with Crippen molar-refractivity contribution >= 4 is 5.91 Å². The Balaban J connectivity index is 1.71. The molecule has 1 fully saturated rings. The molecular formula is C22H28N2O3. The number of aromatic nitrogens is 1. The Morgan fingerprint density at radius 1 is 1.26 bits per heavy atom. The molecule has 1 N–H and O–H groups in total. The lowest BCUT2D eigenvalue weighted by molar-refractivity contribution is -0.0838. The predicted molar refractivity (Wildman–Crippen MR) is 105 cm³/mol. The van der Waals surface area contributed by atoms with Crippen LogP contribution in [0.5, 0.6) is 5.75 Å². The number of nitrogens with zero attached hydrogens (tertiary/aromatic N) is 1. The van der Waals surface area contributed by atoms with Crippen molar-refractivity contribution < 1.29 is 14.3 Å². The van der Waals surface area contributed by atoms with Gasteiger partial charge in [-0.15, -0.1) is 0 Å². The van der Waals surface area contributed by atoms with E-state index in [9.17, 15) is 4.79 Å². The van der Waals surface area contributed by atoms with Crippen LogP contribution in [0.25, 0.3) is 0 Å². The van der Waals surface area contributed by atoms with Gasteiger partial charge in [0, 0.05) is 30.8 Å². The number of methoxy groups -OCH3 is 1. The Labute approximate surface area is 161 Å². The van der Waals surface area contributed by atoms with Crippen LogP contribution < -0.4 is 10.1 Å². The molecular weight excluding hydrogens is 340 g/mol. The molecule has 1 atom stereocenters. The van der Waals surface area contributed by atoms with Crippen LogP contribution >= 0.6 is 0 Å². The first-order chi connectivity index (χ1) is 12.9. The largest absolute Gasteiger partial charge is 0.497 e. The van der Waals surface area contributed by atoms with Crippen molar-refractivity contribution in [1.29, 1.82) is 0 Å². The lowest BCUT2D eigenvalue weighted by Gasteiger charge is -2.45. The van der Waals surface area contributed by atoms with Crippen molar-refractivity contribution in [2.75, 3.05) is 20.3 Å². The lowest BCUT2D eigenvalue weighted by Crippen LogP contribution is -2.45. The molecule has 27 heavy (non-hydrogen) atoms. The summed E-state index contributed by atoms with van der Waals surface area (Å²) in [7, 11) is 1.58. The first kappa shape index (κ1) is 19.4. The minimum Gasteiger partial charge on any atom is -0.497 e. The number of amides is 1. The fourth-order valence-electron chi connectivity index (χ4n) is 4.04. The van der Waals surface area contributed by atoms with Crippen molar-refractivity contribution in [2.45, 2.75) is 44.1 Å². The molecule has 0 bridgehead atoms. The minimum atomic E-state index is -0.177. The van der Waals surface area contributed by atoms with Crippen LogP contribution in [0.2, 0.25) is 0 Å². The predicted octanol–water partition coefficient (Wildman–Crippen LogP) is 3.74. The van der Waals surface area contributed by atoms with E-state index >= 15 is 0 Å². The second-order valence-electron chi connectivity index (χ2n) is 7.77. The second kappa shape index (κ2) is 8.09. The summed E-state index contributed by atoms with van der Waals surface area (Å²) in [6.07, 6.45) is 4.32. The van der Waals surface area contributed by atoms with Crippen molar-refractivity contribution in [2.24, 2.45) is 0 Å². The van der Waals surface area contributed by atoms with Gasteiger partial charge in [-0.05, 0) is 44.7 Å². The van der Waals surface area contributed by atoms with Crippen LogP contribution in [0.4, 0.5) is 0 Å². The summed E-state index contributed by atoms with van der Waals surface area (Å²) in [6.45, 7) is 5.60. The Kier molecular flexibility index (Phi) is 5.80. The van der Waals surface area contributed by atoms with Crippen LogP contribution in [-0.2, 0) is 10.2 Å². The molecule has 1 aliphatic rings. The van der Waals surface area contributed by atoms with E-state index in [1.165, 1.54) is 5.56 Å². The van der Waals surface area contributed by atoms with E-state index in [2.05, 4.69) is 48.4 Å². The summed E-state index contributed by atoms with van der Waals surface area (Å²) in [4.78, 5) is 16.6. The zero-order chi connectivity index (χ0) is 19.3. The number of ether oxygens (including phenoxy) is 2. The summed E-state index contributed by atoms with van der Waals surface area (Å²) < 4.78 is 11.1. The van der Waals surface area contributed by atoms with Gasteiger partial charge in [0.1, 0.15) is 11.4 Å². The van der Waals surface area contributed by atoms with Gasteiger partial charge >= 0.3 is 0 Å². The molecule has 0 saturated carbocycles. The Morgan fingerprint density at radius 3 is 2.74 bits per heavy atom. The van der Waals surface area contributed by atoms with Crippen LogP contribution in [0.3, 0.4) is 0 Å². The van der Waals surface area contributed by atoms with Gasteiger partial charge in [0.2, 0.25) is 0 Å². The van der Waals surface area contributed by atoms with Gasteiger partial charge in [0.15, 0.2) is 0 Å². The third kappa shape index (κ3) is 4.66. The average molecular weight is 368 g/mol. The fraction of sp³-hybridized carbons (Fsp3) is 0.455. The number of carbonyl (C=O) groups is 1. The van der Waals surface area contributed by atoms with Gasteiger partial charge in [-0.2, -0.15) is 0 Å². The third-order valence-corrected chi connectivity index (χ3v) is 5.31. The van der Waals surface area contributed by atoms with Crippen molar-refractivity contribution in [3.05, 3.63) is 59.9 Å². The molecule has 2 heterocycles. The quantitative estimate of drug-likeness (QED) is 0.844. The second-order valence-corrected chi connectivity index (χ2v) is 7.77. The maximum absolute atomic E-state index is 12.5. The molecule has 1 aromatic carbocycles. The fourth-order valence-corrected chi connectivity index (χ4v) is 4.04. The summed E-state index contributed by atoms with van der Waals surface area (Å²) >= 11 is 0. The maximum atomic E-state index is 12.5. The normalized spacial score (nSPS) is 21.4. The zero-order valence-electron chi connectivity index (χ0n) is 16.3. The standard InChI is InChI=1S/C22H28N2O3/c1-21(2)16-22(11-14-27-21,17-7-5-4-6-8-17)10-13-24-20(25)19-15-18(26-3)9-12-23-19/h4-9,12,15H,10-11,13-14,16H2,1-3H3,(H,24,25)/t22-/m0/s1. The number of hydrogen-bond acceptors (Lipinski definition) is 4. The first-order valence-corrected chi connectivity index (χ1v) is 9.42. The minimum absolute atomic E-state index is 0.00189. The van der Waals surface area contributed by atoms with E-state index in [1.807, 2.05) is 6.07 Å². The molecule has 1 aromatic heterocycles. The molecule has 1 saturated heterocycles. The maximum Gasteiger partial charge on any atom is 0.270 e. The highest BCUT2D eigenvalue weighted by Crippen LogP contribution is 2.43. The van der Waals surface area contributed by atoms with E-state index in [1.54, 1.807) is 25.4 Å². The summed E-state index contributed by atoms with van der Waals surface area (Å²) in [6, 6.07) is 14.0. The zero-order valence-corrected chi connectivity index (χ0v) is 16.3. The Bertz CT molecular complexity index is 776. The number of rotatable bonds is 6. The van der Waals surface area contributed by atoms with Crippen LogP contribution in [0, 0.1) is 0 Å². The topological polar surface area (TPSA) is 60.5 Å². The van der Waals surface area contributed by atoms with Crippen molar-refractivity contribution in [1.82, 2.24) is 10.3 Å². The van der Waals surface area contributed by atoms with Crippen LogP contribution in [-0.4, -0.2) is 36.8 Å². The molecule has 1 amide bonds. The summed E-state index contributed by atoms with van der Waals surface area (Å²) in [5.41, 5.74) is 1.51. The van der Waals surface area contributed by atoms with E-state index in [4.69, 9.17) is 9.47 Å². The number of carbonyl (C=O) groups excluding carboxylic acids is 1. The van der Waals surface area contributed by atoms with Crippen LogP contribution in [0.1, 0.15) is 49.2 Å². The van der Waals surface area contributed by atoms with Crippen molar-refractivity contribution in [3.8, 4) is 5.75 Å². The summed E-state index contributed by atoms with van der Waals surface area (Å²) in [5.74, 6) is 0.450. The molecule has 0 unspecified atom stereocenters. The van der Waals surface area contributed by atoms with Gasteiger partial charge in [-0.1, -0.05) is 30.3 Å². The number of nitrogens with one attached hydrogen (secondary N) is 1. The number of hydrogen-bond donors (Lipinski definition) is 1. The highest BCUT2D eigenvalue weighted by Gasteiger charge is 2.41. The monoisotopic (exact) mass is 368 g/mol. The van der Waals surface area contributed by atoms with E-state index in [-0.39, 0.29) is 16.9 Å².